The lowest BCUT2D eigenvalue weighted by atomic mass is 9.89. The maximum Gasteiger partial charge on any atom is 0.389 e. The first-order chi connectivity index (χ1) is 9.12. The highest BCUT2D eigenvalue weighted by atomic mass is 19.4. The fourth-order valence-corrected chi connectivity index (χ4v) is 3.05. The molecule has 2 atom stereocenters. The largest absolute Gasteiger partial charge is 0.389 e. The van der Waals surface area contributed by atoms with Crippen molar-refractivity contribution >= 4 is 0 Å². The van der Waals surface area contributed by atoms with Gasteiger partial charge in [-0.25, -0.2) is 0 Å². The molecule has 1 N–H and O–H groups in total. The first kappa shape index (κ1) is 16.1. The maximum absolute atomic E-state index is 12.6. The van der Waals surface area contributed by atoms with Gasteiger partial charge in [0.15, 0.2) is 0 Å². The molecule has 0 aromatic carbocycles. The molecule has 1 aliphatic heterocycles. The van der Waals surface area contributed by atoms with Crippen molar-refractivity contribution in [3.8, 4) is 0 Å². The van der Waals surface area contributed by atoms with Crippen LogP contribution in [0, 0.1) is 11.3 Å². The number of likely N-dealkylation sites (tertiary alicyclic amines) is 1. The Morgan fingerprint density at radius 3 is 2.25 bits per heavy atom. The standard InChI is InChI=1S/C15H27F3N2/c1-14(2,3)10-19-12-6-11(7-15(16,17)18)8-20(9-12)13-4-5-13/h11-13,19H,4-10H2,1-3H3. The van der Waals surface area contributed by atoms with E-state index < -0.39 is 12.6 Å². The van der Waals surface area contributed by atoms with Gasteiger partial charge in [0, 0.05) is 38.1 Å². The Bertz CT molecular complexity index is 318. The van der Waals surface area contributed by atoms with Gasteiger partial charge in [0.05, 0.1) is 0 Å². The minimum atomic E-state index is -4.04. The molecule has 0 radical (unpaired) electrons. The van der Waals surface area contributed by atoms with E-state index in [1.165, 1.54) is 0 Å². The molecule has 2 fully saturated rings. The number of hydrogen-bond acceptors (Lipinski definition) is 2. The van der Waals surface area contributed by atoms with Gasteiger partial charge in [0.25, 0.3) is 0 Å². The van der Waals surface area contributed by atoms with Crippen LogP contribution in [0.2, 0.25) is 0 Å². The smallest absolute Gasteiger partial charge is 0.312 e. The predicted octanol–water partition coefficient (Wildman–Crippen LogP) is 3.43. The molecule has 2 unspecified atom stereocenters. The van der Waals surface area contributed by atoms with Gasteiger partial charge in [-0.15, -0.1) is 0 Å². The summed E-state index contributed by atoms with van der Waals surface area (Å²) in [5.74, 6) is -0.248. The second kappa shape index (κ2) is 5.84. The van der Waals surface area contributed by atoms with Crippen LogP contribution in [0.3, 0.4) is 0 Å². The highest BCUT2D eigenvalue weighted by molar-refractivity contribution is 4.93. The summed E-state index contributed by atoms with van der Waals surface area (Å²) in [4.78, 5) is 2.28. The highest BCUT2D eigenvalue weighted by Gasteiger charge is 2.40. The first-order valence-electron chi connectivity index (χ1n) is 7.66. The number of hydrogen-bond donors (Lipinski definition) is 1. The zero-order valence-corrected chi connectivity index (χ0v) is 12.8. The number of halogens is 3. The molecule has 0 aromatic heterocycles. The number of nitrogens with zero attached hydrogens (tertiary/aromatic N) is 1. The highest BCUT2D eigenvalue weighted by Crippen LogP contribution is 2.35. The van der Waals surface area contributed by atoms with Crippen molar-refractivity contribution in [2.24, 2.45) is 11.3 Å². The van der Waals surface area contributed by atoms with Crippen LogP contribution in [0.25, 0.3) is 0 Å². The second-order valence-electron chi connectivity index (χ2n) is 7.74. The summed E-state index contributed by atoms with van der Waals surface area (Å²) < 4.78 is 37.9. The minimum Gasteiger partial charge on any atom is -0.312 e. The molecule has 20 heavy (non-hydrogen) atoms. The van der Waals surface area contributed by atoms with Crippen LogP contribution in [0.15, 0.2) is 0 Å². The average Bonchev–Trinajstić information content (AvgIpc) is 3.06. The van der Waals surface area contributed by atoms with Crippen LogP contribution in [0.5, 0.6) is 0 Å². The molecular formula is C15H27F3N2. The van der Waals surface area contributed by atoms with E-state index in [9.17, 15) is 13.2 Å². The van der Waals surface area contributed by atoms with Crippen molar-refractivity contribution in [2.45, 2.75) is 64.7 Å². The molecule has 0 aromatic rings. The molecule has 2 rings (SSSR count). The monoisotopic (exact) mass is 292 g/mol. The van der Waals surface area contributed by atoms with E-state index in [1.54, 1.807) is 0 Å². The van der Waals surface area contributed by atoms with Gasteiger partial charge in [-0.1, -0.05) is 20.8 Å². The predicted molar refractivity (Wildman–Crippen MR) is 74.6 cm³/mol. The summed E-state index contributed by atoms with van der Waals surface area (Å²) in [5, 5.41) is 3.48. The van der Waals surface area contributed by atoms with E-state index in [4.69, 9.17) is 0 Å². The van der Waals surface area contributed by atoms with Crippen LogP contribution in [-0.4, -0.2) is 42.8 Å². The molecular weight excluding hydrogens is 265 g/mol. The second-order valence-corrected chi connectivity index (χ2v) is 7.74. The summed E-state index contributed by atoms with van der Waals surface area (Å²) in [6, 6.07) is 0.751. The fraction of sp³-hybridized carbons (Fsp3) is 1.00. The molecule has 118 valence electrons. The number of nitrogens with one attached hydrogen (secondary N) is 1. The van der Waals surface area contributed by atoms with Crippen LogP contribution < -0.4 is 5.32 Å². The first-order valence-corrected chi connectivity index (χ1v) is 7.66. The third-order valence-electron chi connectivity index (χ3n) is 4.07. The molecule has 2 aliphatic rings. The summed E-state index contributed by atoms with van der Waals surface area (Å²) >= 11 is 0. The molecule has 0 amide bonds. The van der Waals surface area contributed by atoms with Crippen LogP contribution in [-0.2, 0) is 0 Å². The lowest BCUT2D eigenvalue weighted by Gasteiger charge is -2.39. The molecule has 1 saturated carbocycles. The van der Waals surface area contributed by atoms with E-state index in [0.29, 0.717) is 19.0 Å². The molecule has 1 heterocycles. The average molecular weight is 292 g/mol. The van der Waals surface area contributed by atoms with E-state index >= 15 is 0 Å². The minimum absolute atomic E-state index is 0.168. The van der Waals surface area contributed by atoms with E-state index in [0.717, 1.165) is 25.9 Å². The fourth-order valence-electron chi connectivity index (χ4n) is 3.05. The third kappa shape index (κ3) is 5.60. The normalized spacial score (nSPS) is 29.7. The Morgan fingerprint density at radius 1 is 1.10 bits per heavy atom. The topological polar surface area (TPSA) is 15.3 Å². The van der Waals surface area contributed by atoms with Gasteiger partial charge in [-0.3, -0.25) is 4.90 Å². The van der Waals surface area contributed by atoms with Gasteiger partial charge in [0.2, 0.25) is 0 Å². The molecule has 0 spiro atoms. The zero-order chi connectivity index (χ0) is 15.0. The lowest BCUT2D eigenvalue weighted by Crippen LogP contribution is -2.52. The zero-order valence-electron chi connectivity index (χ0n) is 12.8. The van der Waals surface area contributed by atoms with E-state index in [2.05, 4.69) is 31.0 Å². The number of piperidine rings is 1. The van der Waals surface area contributed by atoms with Gasteiger partial charge >= 0.3 is 6.18 Å². The summed E-state index contributed by atoms with van der Waals surface area (Å²) in [5.41, 5.74) is 0.168. The van der Waals surface area contributed by atoms with Crippen molar-refractivity contribution in [1.82, 2.24) is 10.2 Å². The van der Waals surface area contributed by atoms with Crippen LogP contribution in [0.4, 0.5) is 13.2 Å². The molecule has 0 bridgehead atoms. The Kier molecular flexibility index (Phi) is 4.69. The third-order valence-corrected chi connectivity index (χ3v) is 4.07. The van der Waals surface area contributed by atoms with Crippen molar-refractivity contribution in [3.63, 3.8) is 0 Å². The Hall–Kier alpha value is -0.290. The Morgan fingerprint density at radius 2 is 1.75 bits per heavy atom. The van der Waals surface area contributed by atoms with E-state index in [1.807, 2.05) is 0 Å². The molecule has 1 aliphatic carbocycles. The van der Waals surface area contributed by atoms with Gasteiger partial charge < -0.3 is 5.32 Å². The quantitative estimate of drug-likeness (QED) is 0.854. The van der Waals surface area contributed by atoms with Gasteiger partial charge in [-0.05, 0) is 30.6 Å². The molecule has 5 heteroatoms. The van der Waals surface area contributed by atoms with Crippen molar-refractivity contribution in [3.05, 3.63) is 0 Å². The van der Waals surface area contributed by atoms with Crippen molar-refractivity contribution in [2.75, 3.05) is 19.6 Å². The lowest BCUT2D eigenvalue weighted by molar-refractivity contribution is -0.149. The van der Waals surface area contributed by atoms with Crippen molar-refractivity contribution in [1.29, 1.82) is 0 Å². The van der Waals surface area contributed by atoms with Crippen LogP contribution >= 0.6 is 0 Å². The molecule has 1 saturated heterocycles. The summed E-state index contributed by atoms with van der Waals surface area (Å²) in [6.07, 6.45) is -1.70. The Balaban J connectivity index is 1.90. The number of alkyl halides is 3. The SMILES string of the molecule is CC(C)(C)CNC1CC(CC(F)(F)F)CN(C2CC2)C1. The number of rotatable bonds is 4. The van der Waals surface area contributed by atoms with Crippen LogP contribution in [0.1, 0.15) is 46.5 Å². The Labute approximate surface area is 120 Å². The van der Waals surface area contributed by atoms with Gasteiger partial charge in [0.1, 0.15) is 0 Å². The van der Waals surface area contributed by atoms with Gasteiger partial charge in [-0.2, -0.15) is 13.2 Å². The summed E-state index contributed by atoms with van der Waals surface area (Å²) in [7, 11) is 0. The van der Waals surface area contributed by atoms with E-state index in [-0.39, 0.29) is 17.4 Å². The summed E-state index contributed by atoms with van der Waals surface area (Å²) in [6.45, 7) is 8.83. The molecule has 2 nitrogen and oxygen atoms in total. The maximum atomic E-state index is 12.6. The van der Waals surface area contributed by atoms with Crippen molar-refractivity contribution < 1.29 is 13.2 Å².